The highest BCUT2D eigenvalue weighted by Crippen LogP contribution is 2.25. The molecule has 1 heterocycles. The van der Waals surface area contributed by atoms with Crippen LogP contribution in [0.15, 0.2) is 24.3 Å². The third kappa shape index (κ3) is 4.43. The van der Waals surface area contributed by atoms with E-state index in [-0.39, 0.29) is 12.2 Å². The Hall–Kier alpha value is -1.10. The number of rotatable bonds is 8. The summed E-state index contributed by atoms with van der Waals surface area (Å²) >= 11 is 0. The van der Waals surface area contributed by atoms with Gasteiger partial charge in [0.05, 0.1) is 25.9 Å². The second-order valence-electron chi connectivity index (χ2n) is 5.92. The number of nitrogens with one attached hydrogen (secondary N) is 1. The summed E-state index contributed by atoms with van der Waals surface area (Å²) in [5.74, 6) is 0.879. The molecule has 2 aliphatic rings. The van der Waals surface area contributed by atoms with E-state index in [9.17, 15) is 0 Å². The van der Waals surface area contributed by atoms with Crippen LogP contribution < -0.4 is 10.1 Å². The molecular formula is C17H25NO3. The lowest BCUT2D eigenvalue weighted by Crippen LogP contribution is -2.27. The van der Waals surface area contributed by atoms with Crippen molar-refractivity contribution in [2.24, 2.45) is 0 Å². The Balaban J connectivity index is 1.61. The largest absolute Gasteiger partial charge is 0.497 e. The molecule has 4 nitrogen and oxygen atoms in total. The fraction of sp³-hybridized carbons (Fsp3) is 0.647. The molecule has 3 rings (SSSR count). The second kappa shape index (κ2) is 7.25. The summed E-state index contributed by atoms with van der Waals surface area (Å²) in [4.78, 5) is 0. The molecular weight excluding hydrogens is 266 g/mol. The maximum Gasteiger partial charge on any atom is 0.119 e. The van der Waals surface area contributed by atoms with Crippen LogP contribution in [-0.2, 0) is 9.47 Å². The maximum atomic E-state index is 6.15. The first-order chi connectivity index (χ1) is 10.3. The Labute approximate surface area is 126 Å². The molecule has 116 valence electrons. The van der Waals surface area contributed by atoms with E-state index in [4.69, 9.17) is 14.2 Å². The predicted octanol–water partition coefficient (Wildman–Crippen LogP) is 2.68. The van der Waals surface area contributed by atoms with Crippen molar-refractivity contribution < 1.29 is 14.2 Å². The van der Waals surface area contributed by atoms with Gasteiger partial charge in [0, 0.05) is 19.2 Å². The fourth-order valence-corrected chi connectivity index (χ4v) is 2.68. The van der Waals surface area contributed by atoms with Crippen molar-refractivity contribution in [3.8, 4) is 5.75 Å². The minimum Gasteiger partial charge on any atom is -0.497 e. The maximum absolute atomic E-state index is 6.15. The highest BCUT2D eigenvalue weighted by Gasteiger charge is 2.24. The first-order valence-electron chi connectivity index (χ1n) is 7.95. The van der Waals surface area contributed by atoms with Crippen molar-refractivity contribution in [2.45, 2.75) is 43.9 Å². The third-order valence-corrected chi connectivity index (χ3v) is 4.14. The summed E-state index contributed by atoms with van der Waals surface area (Å²) < 4.78 is 17.1. The van der Waals surface area contributed by atoms with Crippen molar-refractivity contribution >= 4 is 0 Å². The van der Waals surface area contributed by atoms with Crippen LogP contribution in [-0.4, -0.2) is 39.0 Å². The molecule has 0 spiro atoms. The van der Waals surface area contributed by atoms with Gasteiger partial charge in [0.2, 0.25) is 0 Å². The van der Waals surface area contributed by atoms with Gasteiger partial charge < -0.3 is 19.5 Å². The lowest BCUT2D eigenvalue weighted by Gasteiger charge is -2.21. The van der Waals surface area contributed by atoms with Crippen LogP contribution in [0.25, 0.3) is 0 Å². The lowest BCUT2D eigenvalue weighted by molar-refractivity contribution is -0.0211. The van der Waals surface area contributed by atoms with Crippen LogP contribution in [0, 0.1) is 0 Å². The zero-order chi connectivity index (χ0) is 14.5. The molecule has 21 heavy (non-hydrogen) atoms. The molecule has 0 amide bonds. The van der Waals surface area contributed by atoms with Crippen LogP contribution in [0.1, 0.15) is 37.4 Å². The topological polar surface area (TPSA) is 39.7 Å². The number of ether oxygens (including phenoxy) is 3. The van der Waals surface area contributed by atoms with Gasteiger partial charge in [-0.15, -0.1) is 0 Å². The van der Waals surface area contributed by atoms with E-state index >= 15 is 0 Å². The first kappa shape index (κ1) is 14.8. The molecule has 1 saturated heterocycles. The average molecular weight is 291 g/mol. The van der Waals surface area contributed by atoms with E-state index in [2.05, 4.69) is 17.4 Å². The Morgan fingerprint density at radius 3 is 2.95 bits per heavy atom. The van der Waals surface area contributed by atoms with Gasteiger partial charge in [0.25, 0.3) is 0 Å². The van der Waals surface area contributed by atoms with E-state index < -0.39 is 0 Å². The zero-order valence-electron chi connectivity index (χ0n) is 12.7. The molecule has 2 fully saturated rings. The van der Waals surface area contributed by atoms with Crippen molar-refractivity contribution in [1.82, 2.24) is 5.32 Å². The zero-order valence-corrected chi connectivity index (χ0v) is 12.7. The van der Waals surface area contributed by atoms with Crippen LogP contribution in [0.2, 0.25) is 0 Å². The highest BCUT2D eigenvalue weighted by atomic mass is 16.5. The van der Waals surface area contributed by atoms with Crippen molar-refractivity contribution in [3.05, 3.63) is 29.8 Å². The van der Waals surface area contributed by atoms with E-state index in [1.54, 1.807) is 7.11 Å². The quantitative estimate of drug-likeness (QED) is 0.799. The normalized spacial score (nSPS) is 23.2. The van der Waals surface area contributed by atoms with Gasteiger partial charge in [0.1, 0.15) is 5.75 Å². The smallest absolute Gasteiger partial charge is 0.119 e. The molecule has 0 aromatic heterocycles. The average Bonchev–Trinajstić information content (AvgIpc) is 3.21. The molecule has 2 unspecified atom stereocenters. The summed E-state index contributed by atoms with van der Waals surface area (Å²) in [5.41, 5.74) is 1.17. The van der Waals surface area contributed by atoms with Gasteiger partial charge in [-0.05, 0) is 43.4 Å². The fourth-order valence-electron chi connectivity index (χ4n) is 2.68. The summed E-state index contributed by atoms with van der Waals surface area (Å²) in [6, 6.07) is 8.85. The van der Waals surface area contributed by atoms with E-state index in [0.717, 1.165) is 31.7 Å². The predicted molar refractivity (Wildman–Crippen MR) is 81.7 cm³/mol. The molecule has 0 bridgehead atoms. The SMILES string of the molecule is COc1cccc(C(CNC2CC2)OCC2CCCO2)c1. The number of hydrogen-bond donors (Lipinski definition) is 1. The van der Waals surface area contributed by atoms with Crippen LogP contribution in [0.4, 0.5) is 0 Å². The van der Waals surface area contributed by atoms with Gasteiger partial charge in [0.15, 0.2) is 0 Å². The molecule has 1 aromatic carbocycles. The molecule has 1 N–H and O–H groups in total. The molecule has 2 atom stereocenters. The Bertz CT molecular complexity index is 441. The monoisotopic (exact) mass is 291 g/mol. The summed E-state index contributed by atoms with van der Waals surface area (Å²) in [7, 11) is 1.70. The standard InChI is InChI=1S/C17H25NO3/c1-19-15-5-2-4-13(10-15)17(11-18-14-7-8-14)21-12-16-6-3-9-20-16/h2,4-5,10,14,16-18H,3,6-9,11-12H2,1H3. The van der Waals surface area contributed by atoms with Crippen LogP contribution in [0.3, 0.4) is 0 Å². The highest BCUT2D eigenvalue weighted by molar-refractivity contribution is 5.30. The van der Waals surface area contributed by atoms with E-state index in [1.807, 2.05) is 12.1 Å². The van der Waals surface area contributed by atoms with Crippen LogP contribution in [0.5, 0.6) is 5.75 Å². The minimum absolute atomic E-state index is 0.0601. The minimum atomic E-state index is 0.0601. The molecule has 1 aliphatic heterocycles. The molecule has 1 aliphatic carbocycles. The van der Waals surface area contributed by atoms with E-state index in [1.165, 1.54) is 18.4 Å². The third-order valence-electron chi connectivity index (χ3n) is 4.14. The lowest BCUT2D eigenvalue weighted by atomic mass is 10.1. The van der Waals surface area contributed by atoms with Gasteiger partial charge in [-0.25, -0.2) is 0 Å². The van der Waals surface area contributed by atoms with Gasteiger partial charge in [-0.2, -0.15) is 0 Å². The summed E-state index contributed by atoms with van der Waals surface area (Å²) in [5, 5.41) is 3.56. The number of benzene rings is 1. The van der Waals surface area contributed by atoms with Crippen LogP contribution >= 0.6 is 0 Å². The van der Waals surface area contributed by atoms with Gasteiger partial charge in [-0.3, -0.25) is 0 Å². The summed E-state index contributed by atoms with van der Waals surface area (Å²) in [6.45, 7) is 2.40. The van der Waals surface area contributed by atoms with Crippen molar-refractivity contribution in [3.63, 3.8) is 0 Å². The second-order valence-corrected chi connectivity index (χ2v) is 5.92. The van der Waals surface area contributed by atoms with Crippen molar-refractivity contribution in [2.75, 3.05) is 26.9 Å². The van der Waals surface area contributed by atoms with Gasteiger partial charge in [-0.1, -0.05) is 12.1 Å². The Morgan fingerprint density at radius 1 is 1.33 bits per heavy atom. The Morgan fingerprint density at radius 2 is 2.24 bits per heavy atom. The molecule has 1 aromatic rings. The van der Waals surface area contributed by atoms with Crippen molar-refractivity contribution in [1.29, 1.82) is 0 Å². The van der Waals surface area contributed by atoms with E-state index in [0.29, 0.717) is 12.6 Å². The summed E-state index contributed by atoms with van der Waals surface area (Å²) in [6.07, 6.45) is 5.16. The number of hydrogen-bond acceptors (Lipinski definition) is 4. The Kier molecular flexibility index (Phi) is 5.12. The number of methoxy groups -OCH3 is 1. The molecule has 4 heteroatoms. The molecule has 1 saturated carbocycles. The first-order valence-corrected chi connectivity index (χ1v) is 7.95. The molecule has 0 radical (unpaired) electrons. The van der Waals surface area contributed by atoms with Gasteiger partial charge >= 0.3 is 0 Å².